The summed E-state index contributed by atoms with van der Waals surface area (Å²) in [5, 5.41) is 17.2. The molecule has 2 amide bonds. The number of aryl methyl sites for hydroxylation is 1. The normalized spacial score (nSPS) is 13.0. The lowest BCUT2D eigenvalue weighted by Crippen LogP contribution is -2.48. The van der Waals surface area contributed by atoms with E-state index < -0.39 is 35.6 Å². The van der Waals surface area contributed by atoms with Gasteiger partial charge in [-0.3, -0.25) is 14.4 Å². The molecule has 0 spiro atoms. The van der Waals surface area contributed by atoms with Gasteiger partial charge in [-0.25, -0.2) is 8.78 Å². The summed E-state index contributed by atoms with van der Waals surface area (Å²) in [5.41, 5.74) is 3.27. The number of aliphatic hydroxyl groups excluding tert-OH is 1. The number of carbonyl (C=O) groups is 3. The molecule has 0 heterocycles. The number of esters is 1. The quantitative estimate of drug-likeness (QED) is 0.184. The van der Waals surface area contributed by atoms with Crippen molar-refractivity contribution < 1.29 is 33.0 Å². The van der Waals surface area contributed by atoms with E-state index in [2.05, 4.69) is 10.6 Å². The van der Waals surface area contributed by atoms with Gasteiger partial charge in [-0.05, 0) is 85.7 Å². The van der Waals surface area contributed by atoms with Gasteiger partial charge in [0.15, 0.2) is 0 Å². The van der Waals surface area contributed by atoms with Crippen LogP contribution in [-0.4, -0.2) is 66.7 Å². The molecule has 3 aromatic rings. The zero-order valence-electron chi connectivity index (χ0n) is 27.2. The highest BCUT2D eigenvalue weighted by atomic mass is 19.1. The molecule has 8 nitrogen and oxygen atoms in total. The lowest BCUT2D eigenvalue weighted by atomic mass is 9.98. The van der Waals surface area contributed by atoms with Crippen LogP contribution >= 0.6 is 0 Å². The number of halogens is 2. The molecule has 0 aromatic heterocycles. The van der Waals surface area contributed by atoms with Crippen molar-refractivity contribution in [3.8, 4) is 0 Å². The van der Waals surface area contributed by atoms with Crippen molar-refractivity contribution in [3.05, 3.63) is 106 Å². The first-order valence-electron chi connectivity index (χ1n) is 15.7. The van der Waals surface area contributed by atoms with Gasteiger partial charge in [-0.15, -0.1) is 0 Å². The summed E-state index contributed by atoms with van der Waals surface area (Å²) in [6, 6.07) is 14.5. The van der Waals surface area contributed by atoms with Gasteiger partial charge < -0.3 is 25.4 Å². The predicted molar refractivity (Wildman–Crippen MR) is 174 cm³/mol. The Morgan fingerprint density at radius 1 is 0.913 bits per heavy atom. The summed E-state index contributed by atoms with van der Waals surface area (Å²) in [4.78, 5) is 40.6. The second-order valence-electron chi connectivity index (χ2n) is 11.6. The van der Waals surface area contributed by atoms with Crippen LogP contribution in [0.4, 0.5) is 8.78 Å². The monoisotopic (exact) mass is 637 g/mol. The SMILES string of the molecule is CCCN(CCC)C(=O)c1cc(C)cc(C(=O)N[C@@H](Cc2cc(F)cc(F)c2)[C@H](O)CNCc2cccc(C(C)C(=O)OC)c2)c1. The average molecular weight is 638 g/mol. The van der Waals surface area contributed by atoms with E-state index in [1.165, 1.54) is 13.2 Å². The van der Waals surface area contributed by atoms with Crippen molar-refractivity contribution in [2.75, 3.05) is 26.7 Å². The number of hydrogen-bond donors (Lipinski definition) is 3. The average Bonchev–Trinajstić information content (AvgIpc) is 3.02. The van der Waals surface area contributed by atoms with Crippen LogP contribution in [0.5, 0.6) is 0 Å². The molecular weight excluding hydrogens is 592 g/mol. The molecule has 3 atom stereocenters. The number of nitrogens with zero attached hydrogens (tertiary/aromatic N) is 1. The zero-order valence-corrected chi connectivity index (χ0v) is 27.2. The molecule has 3 rings (SSSR count). The summed E-state index contributed by atoms with van der Waals surface area (Å²) in [6.07, 6.45) is 0.408. The van der Waals surface area contributed by atoms with E-state index in [1.54, 1.807) is 30.9 Å². The molecule has 0 aliphatic rings. The molecule has 0 aliphatic heterocycles. The number of carbonyl (C=O) groups excluding carboxylic acids is 3. The van der Waals surface area contributed by atoms with Gasteiger partial charge in [0.1, 0.15) is 11.6 Å². The summed E-state index contributed by atoms with van der Waals surface area (Å²) in [5.74, 6) is -3.01. The maximum Gasteiger partial charge on any atom is 0.312 e. The minimum atomic E-state index is -1.15. The van der Waals surface area contributed by atoms with Crippen LogP contribution < -0.4 is 10.6 Å². The van der Waals surface area contributed by atoms with Gasteiger partial charge in [-0.2, -0.15) is 0 Å². The minimum absolute atomic E-state index is 0.0417. The van der Waals surface area contributed by atoms with Crippen LogP contribution in [0, 0.1) is 18.6 Å². The Kier molecular flexibility index (Phi) is 13.8. The third-order valence-electron chi connectivity index (χ3n) is 7.71. The third-order valence-corrected chi connectivity index (χ3v) is 7.71. The van der Waals surface area contributed by atoms with Crippen LogP contribution in [-0.2, 0) is 22.5 Å². The molecule has 10 heteroatoms. The summed E-state index contributed by atoms with van der Waals surface area (Å²) in [6.45, 7) is 9.14. The molecule has 0 radical (unpaired) electrons. The van der Waals surface area contributed by atoms with Gasteiger partial charge in [0.25, 0.3) is 11.8 Å². The van der Waals surface area contributed by atoms with Crippen molar-refractivity contribution in [3.63, 3.8) is 0 Å². The largest absolute Gasteiger partial charge is 0.469 e. The number of benzene rings is 3. The standard InChI is InChI=1S/C36H45F2N3O5/c1-6-11-41(12-7-2)35(44)29-14-23(3)13-28(19-29)34(43)40-32(18-26-16-30(37)20-31(38)17-26)33(42)22-39-21-25-9-8-10-27(15-25)24(4)36(45)46-5/h8-10,13-17,19-20,24,32-33,39,42H,6-7,11-12,18,21-22H2,1-5H3,(H,40,43)/t24?,32-,33+/m0/s1. The lowest BCUT2D eigenvalue weighted by molar-refractivity contribution is -0.142. The van der Waals surface area contributed by atoms with E-state index in [0.717, 1.165) is 47.7 Å². The summed E-state index contributed by atoms with van der Waals surface area (Å²) >= 11 is 0. The Bertz CT molecular complexity index is 1470. The minimum Gasteiger partial charge on any atom is -0.469 e. The highest BCUT2D eigenvalue weighted by Crippen LogP contribution is 2.19. The predicted octanol–water partition coefficient (Wildman–Crippen LogP) is 5.30. The Hall–Kier alpha value is -4.15. The number of ether oxygens (including phenoxy) is 1. The number of aliphatic hydroxyl groups is 1. The van der Waals surface area contributed by atoms with Crippen molar-refractivity contribution in [1.82, 2.24) is 15.5 Å². The van der Waals surface area contributed by atoms with E-state index in [9.17, 15) is 28.3 Å². The van der Waals surface area contributed by atoms with E-state index in [0.29, 0.717) is 25.2 Å². The van der Waals surface area contributed by atoms with E-state index in [-0.39, 0.29) is 36.0 Å². The molecule has 0 aliphatic carbocycles. The maximum atomic E-state index is 14.0. The molecule has 0 fully saturated rings. The van der Waals surface area contributed by atoms with Crippen molar-refractivity contribution in [1.29, 1.82) is 0 Å². The zero-order chi connectivity index (χ0) is 33.8. The van der Waals surface area contributed by atoms with Gasteiger partial charge in [0.05, 0.1) is 25.2 Å². The van der Waals surface area contributed by atoms with Crippen molar-refractivity contribution >= 4 is 17.8 Å². The van der Waals surface area contributed by atoms with Crippen LogP contribution in [0.3, 0.4) is 0 Å². The first kappa shape index (κ1) is 36.3. The van der Waals surface area contributed by atoms with Gasteiger partial charge in [-0.1, -0.05) is 38.1 Å². The van der Waals surface area contributed by atoms with E-state index in [1.807, 2.05) is 38.1 Å². The number of methoxy groups -OCH3 is 1. The molecule has 0 saturated carbocycles. The van der Waals surface area contributed by atoms with Crippen molar-refractivity contribution in [2.45, 2.75) is 71.6 Å². The molecule has 3 N–H and O–H groups in total. The third kappa shape index (κ3) is 10.5. The molecule has 248 valence electrons. The Morgan fingerprint density at radius 3 is 2.20 bits per heavy atom. The van der Waals surface area contributed by atoms with Gasteiger partial charge >= 0.3 is 5.97 Å². The Labute approximate surface area is 270 Å². The number of amides is 2. The molecular formula is C36H45F2N3O5. The molecule has 46 heavy (non-hydrogen) atoms. The topological polar surface area (TPSA) is 108 Å². The fraction of sp³-hybridized carbons (Fsp3) is 0.417. The van der Waals surface area contributed by atoms with Crippen LogP contribution in [0.25, 0.3) is 0 Å². The number of hydrogen-bond acceptors (Lipinski definition) is 6. The highest BCUT2D eigenvalue weighted by Gasteiger charge is 2.25. The van der Waals surface area contributed by atoms with Gasteiger partial charge in [0, 0.05) is 43.4 Å². The maximum absolute atomic E-state index is 14.0. The van der Waals surface area contributed by atoms with Crippen molar-refractivity contribution in [2.24, 2.45) is 0 Å². The first-order chi connectivity index (χ1) is 21.9. The summed E-state index contributed by atoms with van der Waals surface area (Å²) in [7, 11) is 1.34. The number of nitrogens with one attached hydrogen (secondary N) is 2. The molecule has 0 bridgehead atoms. The second kappa shape index (κ2) is 17.5. The summed E-state index contributed by atoms with van der Waals surface area (Å²) < 4.78 is 32.9. The highest BCUT2D eigenvalue weighted by molar-refractivity contribution is 6.00. The van der Waals surface area contributed by atoms with E-state index in [4.69, 9.17) is 4.74 Å². The van der Waals surface area contributed by atoms with Gasteiger partial charge in [0.2, 0.25) is 0 Å². The lowest BCUT2D eigenvalue weighted by Gasteiger charge is -2.25. The molecule has 3 aromatic carbocycles. The molecule has 1 unspecified atom stereocenters. The smallest absolute Gasteiger partial charge is 0.312 e. The Balaban J connectivity index is 1.80. The van der Waals surface area contributed by atoms with Crippen LogP contribution in [0.2, 0.25) is 0 Å². The fourth-order valence-corrected chi connectivity index (χ4v) is 5.38. The van der Waals surface area contributed by atoms with Crippen LogP contribution in [0.1, 0.15) is 82.5 Å². The van der Waals surface area contributed by atoms with E-state index >= 15 is 0 Å². The fourth-order valence-electron chi connectivity index (χ4n) is 5.38. The number of rotatable bonds is 16. The first-order valence-corrected chi connectivity index (χ1v) is 15.7. The second-order valence-corrected chi connectivity index (χ2v) is 11.6. The van der Waals surface area contributed by atoms with Crippen LogP contribution in [0.15, 0.2) is 60.7 Å². The molecule has 0 saturated heterocycles. The Morgan fingerprint density at radius 2 is 1.57 bits per heavy atom.